The molecule has 0 aliphatic carbocycles. The molecule has 1 saturated heterocycles. The Morgan fingerprint density at radius 2 is 1.95 bits per heavy atom. The number of hydrogen-bond donors (Lipinski definition) is 1. The van der Waals surface area contributed by atoms with E-state index in [1.54, 1.807) is 0 Å². The highest BCUT2D eigenvalue weighted by molar-refractivity contribution is 9.08. The predicted molar refractivity (Wildman–Crippen MR) is 75.7 cm³/mol. The minimum atomic E-state index is -1.09. The summed E-state index contributed by atoms with van der Waals surface area (Å²) in [6.45, 7) is 0. The lowest BCUT2D eigenvalue weighted by molar-refractivity contribution is -0.136. The highest BCUT2D eigenvalue weighted by Gasteiger charge is 2.46. The van der Waals surface area contributed by atoms with E-state index >= 15 is 0 Å². The van der Waals surface area contributed by atoms with Gasteiger partial charge in [0.25, 0.3) is 11.8 Å². The molecular formula is C14H10BrFN2O4. The summed E-state index contributed by atoms with van der Waals surface area (Å²) in [6.07, 6.45) is 0.0714. The van der Waals surface area contributed by atoms with Crippen LogP contribution in [0, 0.1) is 5.82 Å². The second-order valence-corrected chi connectivity index (χ2v) is 5.60. The lowest BCUT2D eigenvalue weighted by atomic mass is 10.0. The second-order valence-electron chi connectivity index (χ2n) is 5.04. The lowest BCUT2D eigenvalue weighted by Gasteiger charge is -2.27. The van der Waals surface area contributed by atoms with Crippen molar-refractivity contribution in [3.05, 3.63) is 34.6 Å². The molecule has 1 atom stereocenters. The Kier molecular flexibility index (Phi) is 3.56. The number of piperidine rings is 1. The zero-order chi connectivity index (χ0) is 16.0. The average molecular weight is 369 g/mol. The van der Waals surface area contributed by atoms with Crippen molar-refractivity contribution in [2.24, 2.45) is 0 Å². The first-order valence-corrected chi connectivity index (χ1v) is 7.66. The number of hydrogen-bond acceptors (Lipinski definition) is 4. The van der Waals surface area contributed by atoms with Gasteiger partial charge in [0, 0.05) is 11.8 Å². The molecule has 0 bridgehead atoms. The number of amides is 4. The number of nitrogens with zero attached hydrogens (tertiary/aromatic N) is 1. The number of carbonyl (C=O) groups excluding carboxylic acids is 4. The SMILES string of the molecule is O=C1CCC(N2C(=O)c3ccc(CBr)c(F)c3C2=O)C(=O)N1. The summed E-state index contributed by atoms with van der Waals surface area (Å²) in [5.41, 5.74) is -0.117. The highest BCUT2D eigenvalue weighted by Crippen LogP contribution is 2.31. The van der Waals surface area contributed by atoms with Gasteiger partial charge in [-0.05, 0) is 18.1 Å². The van der Waals surface area contributed by atoms with Gasteiger partial charge in [0.1, 0.15) is 11.9 Å². The highest BCUT2D eigenvalue weighted by atomic mass is 79.9. The summed E-state index contributed by atoms with van der Waals surface area (Å²) in [4.78, 5) is 48.5. The van der Waals surface area contributed by atoms with Crippen LogP contribution in [0.1, 0.15) is 39.1 Å². The molecule has 8 heteroatoms. The van der Waals surface area contributed by atoms with Gasteiger partial charge < -0.3 is 0 Å². The Labute approximate surface area is 132 Å². The smallest absolute Gasteiger partial charge is 0.265 e. The molecule has 6 nitrogen and oxygen atoms in total. The van der Waals surface area contributed by atoms with Gasteiger partial charge in [-0.15, -0.1) is 0 Å². The number of rotatable bonds is 2. The molecule has 1 unspecified atom stereocenters. The topological polar surface area (TPSA) is 83.6 Å². The van der Waals surface area contributed by atoms with Gasteiger partial charge in [-0.25, -0.2) is 4.39 Å². The number of alkyl halides is 1. The molecule has 22 heavy (non-hydrogen) atoms. The largest absolute Gasteiger partial charge is 0.295 e. The molecule has 4 amide bonds. The minimum absolute atomic E-state index is 0.0267. The molecule has 2 heterocycles. The van der Waals surface area contributed by atoms with Crippen molar-refractivity contribution in [1.82, 2.24) is 10.2 Å². The summed E-state index contributed by atoms with van der Waals surface area (Å²) in [7, 11) is 0. The monoisotopic (exact) mass is 368 g/mol. The predicted octanol–water partition coefficient (Wildman–Crippen LogP) is 1.12. The molecule has 1 aromatic carbocycles. The molecule has 114 valence electrons. The Bertz CT molecular complexity index is 734. The van der Waals surface area contributed by atoms with Gasteiger partial charge in [0.2, 0.25) is 11.8 Å². The van der Waals surface area contributed by atoms with Crippen LogP contribution in [0.25, 0.3) is 0 Å². The van der Waals surface area contributed by atoms with Crippen LogP contribution in [0.4, 0.5) is 4.39 Å². The third-order valence-corrected chi connectivity index (χ3v) is 4.37. The van der Waals surface area contributed by atoms with Crippen LogP contribution in [0.3, 0.4) is 0 Å². The van der Waals surface area contributed by atoms with Crippen LogP contribution in [0.5, 0.6) is 0 Å². The van der Waals surface area contributed by atoms with Gasteiger partial charge in [0.05, 0.1) is 11.1 Å². The molecule has 2 aliphatic heterocycles. The fourth-order valence-corrected chi connectivity index (χ4v) is 3.10. The first-order valence-electron chi connectivity index (χ1n) is 6.54. The summed E-state index contributed by atoms with van der Waals surface area (Å²) < 4.78 is 14.3. The molecule has 0 spiro atoms. The van der Waals surface area contributed by atoms with Crippen molar-refractivity contribution >= 4 is 39.6 Å². The van der Waals surface area contributed by atoms with E-state index in [9.17, 15) is 23.6 Å². The quantitative estimate of drug-likeness (QED) is 0.626. The average Bonchev–Trinajstić information content (AvgIpc) is 2.73. The van der Waals surface area contributed by atoms with Crippen LogP contribution in [-0.2, 0) is 14.9 Å². The van der Waals surface area contributed by atoms with Crippen LogP contribution in [0.2, 0.25) is 0 Å². The maximum atomic E-state index is 14.3. The molecule has 0 radical (unpaired) electrons. The number of imide groups is 2. The number of nitrogens with one attached hydrogen (secondary N) is 1. The van der Waals surface area contributed by atoms with Crippen LogP contribution in [-0.4, -0.2) is 34.6 Å². The van der Waals surface area contributed by atoms with Crippen molar-refractivity contribution in [3.63, 3.8) is 0 Å². The molecule has 1 N–H and O–H groups in total. The Morgan fingerprint density at radius 3 is 2.59 bits per heavy atom. The Balaban J connectivity index is 2.02. The van der Waals surface area contributed by atoms with Crippen molar-refractivity contribution in [2.75, 3.05) is 0 Å². The number of fused-ring (bicyclic) bond motifs is 1. The molecular weight excluding hydrogens is 359 g/mol. The van der Waals surface area contributed by atoms with Crippen molar-refractivity contribution in [1.29, 1.82) is 0 Å². The van der Waals surface area contributed by atoms with Crippen molar-refractivity contribution in [3.8, 4) is 0 Å². The first kappa shape index (κ1) is 14.8. The van der Waals surface area contributed by atoms with Crippen molar-refractivity contribution in [2.45, 2.75) is 24.2 Å². The molecule has 2 aliphatic rings. The van der Waals surface area contributed by atoms with E-state index in [0.29, 0.717) is 0 Å². The van der Waals surface area contributed by atoms with Crippen molar-refractivity contribution < 1.29 is 23.6 Å². The minimum Gasteiger partial charge on any atom is -0.295 e. The lowest BCUT2D eigenvalue weighted by Crippen LogP contribution is -2.54. The molecule has 3 rings (SSSR count). The van der Waals surface area contributed by atoms with Gasteiger partial charge in [-0.1, -0.05) is 22.0 Å². The normalized spacial score (nSPS) is 21.2. The van der Waals surface area contributed by atoms with Gasteiger partial charge in [-0.2, -0.15) is 0 Å². The second kappa shape index (κ2) is 5.28. The van der Waals surface area contributed by atoms with Gasteiger partial charge >= 0.3 is 0 Å². The van der Waals surface area contributed by atoms with Crippen LogP contribution >= 0.6 is 15.9 Å². The first-order chi connectivity index (χ1) is 10.5. The number of benzene rings is 1. The van der Waals surface area contributed by atoms with Gasteiger partial charge in [0.15, 0.2) is 0 Å². The van der Waals surface area contributed by atoms with E-state index in [-0.39, 0.29) is 34.9 Å². The maximum absolute atomic E-state index is 14.3. The zero-order valence-electron chi connectivity index (χ0n) is 11.2. The summed E-state index contributed by atoms with van der Waals surface area (Å²) in [6, 6.07) is 1.71. The standard InChI is InChI=1S/C14H10BrFN2O4/c15-5-6-1-2-7-10(11(6)16)14(22)18(13(7)21)8-3-4-9(19)17-12(8)20/h1-2,8H,3-5H2,(H,17,19,20). The van der Waals surface area contributed by atoms with E-state index in [1.165, 1.54) is 12.1 Å². The maximum Gasteiger partial charge on any atom is 0.265 e. The Morgan fingerprint density at radius 1 is 1.23 bits per heavy atom. The van der Waals surface area contributed by atoms with E-state index in [0.717, 1.165) is 4.90 Å². The third kappa shape index (κ3) is 2.06. The van der Waals surface area contributed by atoms with Crippen LogP contribution in [0.15, 0.2) is 12.1 Å². The molecule has 1 fully saturated rings. The van der Waals surface area contributed by atoms with E-state index in [4.69, 9.17) is 0 Å². The third-order valence-electron chi connectivity index (χ3n) is 3.77. The fraction of sp³-hybridized carbons (Fsp3) is 0.286. The summed E-state index contributed by atoms with van der Waals surface area (Å²) in [5, 5.41) is 2.29. The number of carbonyl (C=O) groups is 4. The van der Waals surface area contributed by atoms with Crippen LogP contribution < -0.4 is 5.32 Å². The van der Waals surface area contributed by atoms with E-state index in [1.807, 2.05) is 0 Å². The molecule has 0 saturated carbocycles. The van der Waals surface area contributed by atoms with Gasteiger partial charge in [-0.3, -0.25) is 29.4 Å². The fourth-order valence-electron chi connectivity index (χ4n) is 2.66. The summed E-state index contributed by atoms with van der Waals surface area (Å²) >= 11 is 3.11. The molecule has 0 aromatic heterocycles. The summed E-state index contributed by atoms with van der Waals surface area (Å²) in [5.74, 6) is -3.48. The molecule has 1 aromatic rings. The number of halogens is 2. The zero-order valence-corrected chi connectivity index (χ0v) is 12.8. The van der Waals surface area contributed by atoms with E-state index in [2.05, 4.69) is 21.2 Å². The van der Waals surface area contributed by atoms with E-state index < -0.39 is 35.5 Å². The Hall–Kier alpha value is -2.09.